The van der Waals surface area contributed by atoms with Gasteiger partial charge in [-0.1, -0.05) is 98.8 Å². The summed E-state index contributed by atoms with van der Waals surface area (Å²) in [5.41, 5.74) is 0. The van der Waals surface area contributed by atoms with Crippen molar-refractivity contribution < 1.29 is 0 Å². The first kappa shape index (κ1) is 25.9. The maximum absolute atomic E-state index is 3.63. The van der Waals surface area contributed by atoms with Crippen molar-refractivity contribution in [3.05, 3.63) is 0 Å². The van der Waals surface area contributed by atoms with Crippen LogP contribution in [0.4, 0.5) is 0 Å². The van der Waals surface area contributed by atoms with Crippen LogP contribution in [0.25, 0.3) is 0 Å². The highest BCUT2D eigenvalue weighted by atomic mass is 14.9. The molecule has 0 spiro atoms. The van der Waals surface area contributed by atoms with Crippen LogP contribution in [0, 0.1) is 17.8 Å². The van der Waals surface area contributed by atoms with E-state index < -0.39 is 0 Å². The van der Waals surface area contributed by atoms with E-state index in [2.05, 4.69) is 45.3 Å². The lowest BCUT2D eigenvalue weighted by Crippen LogP contribution is -2.25. The molecule has 0 aromatic heterocycles. The fourth-order valence-corrected chi connectivity index (χ4v) is 3.36. The number of nitrogens with one attached hydrogen (secondary N) is 2. The smallest absolute Gasteiger partial charge is 0.00207 e. The average Bonchev–Trinajstić information content (AvgIpc) is 2.64. The monoisotopic (exact) mass is 368 g/mol. The standard InChI is InChI=1S/C24H52N2/c1-6-24(7-2)21-26-19-17-15-13-11-9-8-10-12-14-16-18-25-20-23(5)22(3)4/h22-26H,6-21H2,1-5H3. The second-order valence-corrected chi connectivity index (χ2v) is 8.85. The van der Waals surface area contributed by atoms with Gasteiger partial charge in [-0.05, 0) is 56.8 Å². The molecule has 158 valence electrons. The number of unbranched alkanes of at least 4 members (excludes halogenated alkanes) is 9. The van der Waals surface area contributed by atoms with Gasteiger partial charge in [0.2, 0.25) is 0 Å². The molecule has 0 aromatic rings. The van der Waals surface area contributed by atoms with Crippen LogP contribution in [0.5, 0.6) is 0 Å². The highest BCUT2D eigenvalue weighted by Crippen LogP contribution is 2.11. The molecular weight excluding hydrogens is 316 g/mol. The molecule has 1 unspecified atom stereocenters. The highest BCUT2D eigenvalue weighted by molar-refractivity contribution is 4.61. The normalized spacial score (nSPS) is 13.0. The zero-order valence-corrected chi connectivity index (χ0v) is 19.0. The second kappa shape index (κ2) is 19.7. The van der Waals surface area contributed by atoms with E-state index in [4.69, 9.17) is 0 Å². The Hall–Kier alpha value is -0.0800. The Kier molecular flexibility index (Phi) is 19.6. The fraction of sp³-hybridized carbons (Fsp3) is 1.00. The molecule has 0 bridgehead atoms. The summed E-state index contributed by atoms with van der Waals surface area (Å²) >= 11 is 0. The molecular formula is C24H52N2. The molecule has 2 heteroatoms. The van der Waals surface area contributed by atoms with Crippen molar-refractivity contribution in [1.82, 2.24) is 10.6 Å². The molecule has 0 amide bonds. The zero-order chi connectivity index (χ0) is 19.5. The first-order chi connectivity index (χ1) is 12.6. The summed E-state index contributed by atoms with van der Waals surface area (Å²) in [5.74, 6) is 2.48. The van der Waals surface area contributed by atoms with Gasteiger partial charge in [0.05, 0.1) is 0 Å². The molecule has 26 heavy (non-hydrogen) atoms. The second-order valence-electron chi connectivity index (χ2n) is 8.85. The predicted octanol–water partition coefficient (Wildman–Crippen LogP) is 6.79. The summed E-state index contributed by atoms with van der Waals surface area (Å²) < 4.78 is 0. The van der Waals surface area contributed by atoms with Gasteiger partial charge in [-0.15, -0.1) is 0 Å². The van der Waals surface area contributed by atoms with E-state index in [1.165, 1.54) is 103 Å². The Morgan fingerprint density at radius 1 is 0.538 bits per heavy atom. The molecule has 0 fully saturated rings. The third-order valence-electron chi connectivity index (χ3n) is 6.15. The Morgan fingerprint density at radius 2 is 0.923 bits per heavy atom. The van der Waals surface area contributed by atoms with Crippen LogP contribution in [0.2, 0.25) is 0 Å². The molecule has 0 rings (SSSR count). The van der Waals surface area contributed by atoms with Crippen molar-refractivity contribution in [2.75, 3.05) is 26.2 Å². The largest absolute Gasteiger partial charge is 0.316 e. The van der Waals surface area contributed by atoms with Gasteiger partial charge in [-0.2, -0.15) is 0 Å². The van der Waals surface area contributed by atoms with Crippen molar-refractivity contribution in [3.8, 4) is 0 Å². The van der Waals surface area contributed by atoms with E-state index in [0.717, 1.165) is 17.8 Å². The third kappa shape index (κ3) is 17.3. The lowest BCUT2D eigenvalue weighted by atomic mass is 9.98. The lowest BCUT2D eigenvalue weighted by Gasteiger charge is -2.15. The minimum atomic E-state index is 0.799. The average molecular weight is 369 g/mol. The minimum absolute atomic E-state index is 0.799. The van der Waals surface area contributed by atoms with Gasteiger partial charge >= 0.3 is 0 Å². The van der Waals surface area contributed by atoms with Crippen molar-refractivity contribution >= 4 is 0 Å². The third-order valence-corrected chi connectivity index (χ3v) is 6.15. The van der Waals surface area contributed by atoms with Gasteiger partial charge in [0.15, 0.2) is 0 Å². The summed E-state index contributed by atoms with van der Waals surface area (Å²) in [4.78, 5) is 0. The molecule has 0 aliphatic carbocycles. The van der Waals surface area contributed by atoms with Crippen LogP contribution in [0.15, 0.2) is 0 Å². The van der Waals surface area contributed by atoms with E-state index in [-0.39, 0.29) is 0 Å². The quantitative estimate of drug-likeness (QED) is 0.231. The first-order valence-corrected chi connectivity index (χ1v) is 12.0. The zero-order valence-electron chi connectivity index (χ0n) is 19.0. The summed E-state index contributed by atoms with van der Waals surface area (Å²) in [5, 5.41) is 7.25. The van der Waals surface area contributed by atoms with E-state index in [1.54, 1.807) is 0 Å². The van der Waals surface area contributed by atoms with Crippen LogP contribution in [0.1, 0.15) is 112 Å². The van der Waals surface area contributed by atoms with Crippen molar-refractivity contribution in [3.63, 3.8) is 0 Å². The molecule has 1 atom stereocenters. The Balaban J connectivity index is 3.11. The Morgan fingerprint density at radius 3 is 1.31 bits per heavy atom. The molecule has 0 saturated carbocycles. The molecule has 0 radical (unpaired) electrons. The van der Waals surface area contributed by atoms with Crippen molar-refractivity contribution in [2.45, 2.75) is 112 Å². The molecule has 2 N–H and O–H groups in total. The van der Waals surface area contributed by atoms with Crippen molar-refractivity contribution in [2.24, 2.45) is 17.8 Å². The van der Waals surface area contributed by atoms with E-state index in [0.29, 0.717) is 0 Å². The minimum Gasteiger partial charge on any atom is -0.316 e. The first-order valence-electron chi connectivity index (χ1n) is 12.0. The molecule has 0 aliphatic heterocycles. The molecule has 0 aromatic carbocycles. The van der Waals surface area contributed by atoms with Gasteiger partial charge in [0, 0.05) is 0 Å². The maximum Gasteiger partial charge on any atom is -0.00207 e. The summed E-state index contributed by atoms with van der Waals surface area (Å²) in [6.07, 6.45) is 16.8. The van der Waals surface area contributed by atoms with E-state index in [9.17, 15) is 0 Å². The number of rotatable bonds is 20. The lowest BCUT2D eigenvalue weighted by molar-refractivity contribution is 0.390. The Labute approximate surface area is 166 Å². The van der Waals surface area contributed by atoms with Crippen LogP contribution < -0.4 is 10.6 Å². The SMILES string of the molecule is CCC(CC)CNCCCCCCCCCCCCNCC(C)C(C)C. The molecule has 0 saturated heterocycles. The predicted molar refractivity (Wildman–Crippen MR) is 120 cm³/mol. The molecule has 0 heterocycles. The van der Waals surface area contributed by atoms with Gasteiger partial charge in [0.1, 0.15) is 0 Å². The van der Waals surface area contributed by atoms with Crippen LogP contribution in [-0.2, 0) is 0 Å². The molecule has 2 nitrogen and oxygen atoms in total. The van der Waals surface area contributed by atoms with E-state index >= 15 is 0 Å². The van der Waals surface area contributed by atoms with Gasteiger partial charge in [0.25, 0.3) is 0 Å². The topological polar surface area (TPSA) is 24.1 Å². The van der Waals surface area contributed by atoms with Crippen LogP contribution in [0.3, 0.4) is 0 Å². The highest BCUT2D eigenvalue weighted by Gasteiger charge is 2.05. The molecule has 0 aliphatic rings. The van der Waals surface area contributed by atoms with Gasteiger partial charge < -0.3 is 10.6 Å². The Bertz CT molecular complexity index is 245. The number of hydrogen-bond donors (Lipinski definition) is 2. The van der Waals surface area contributed by atoms with Gasteiger partial charge in [-0.3, -0.25) is 0 Å². The van der Waals surface area contributed by atoms with Crippen LogP contribution in [-0.4, -0.2) is 26.2 Å². The van der Waals surface area contributed by atoms with Gasteiger partial charge in [-0.25, -0.2) is 0 Å². The van der Waals surface area contributed by atoms with E-state index in [1.807, 2.05) is 0 Å². The number of hydrogen-bond acceptors (Lipinski definition) is 2. The summed E-state index contributed by atoms with van der Waals surface area (Å²) in [6, 6.07) is 0. The maximum atomic E-state index is 3.63. The summed E-state index contributed by atoms with van der Waals surface area (Å²) in [7, 11) is 0. The van der Waals surface area contributed by atoms with Crippen LogP contribution >= 0.6 is 0 Å². The fourth-order valence-electron chi connectivity index (χ4n) is 3.36. The summed E-state index contributed by atoms with van der Waals surface area (Å²) in [6.45, 7) is 16.4. The van der Waals surface area contributed by atoms with Crippen molar-refractivity contribution in [1.29, 1.82) is 0 Å².